The zero-order valence-electron chi connectivity index (χ0n) is 12.3. The van der Waals surface area contributed by atoms with E-state index in [0.29, 0.717) is 16.9 Å². The molecule has 5 heteroatoms. The monoisotopic (exact) mass is 276 g/mol. The van der Waals surface area contributed by atoms with Crippen LogP contribution < -0.4 is 4.74 Å². The fourth-order valence-corrected chi connectivity index (χ4v) is 1.86. The Morgan fingerprint density at radius 3 is 2.15 bits per heavy atom. The third-order valence-corrected chi connectivity index (χ3v) is 3.10. The Labute approximate surface area is 119 Å². The van der Waals surface area contributed by atoms with Crippen molar-refractivity contribution in [2.24, 2.45) is 0 Å². The predicted octanol–water partition coefficient (Wildman–Crippen LogP) is 1.63. The van der Waals surface area contributed by atoms with Gasteiger partial charge in [0.05, 0.1) is 17.2 Å². The predicted molar refractivity (Wildman–Crippen MR) is 76.1 cm³/mol. The first kappa shape index (κ1) is 14.4. The largest absolute Gasteiger partial charge is 0.490 e. The van der Waals surface area contributed by atoms with Gasteiger partial charge in [-0.25, -0.2) is 0 Å². The molecule has 1 aromatic rings. The fourth-order valence-electron chi connectivity index (χ4n) is 1.86. The lowest BCUT2D eigenvalue weighted by Gasteiger charge is -2.19. The second-order valence-corrected chi connectivity index (χ2v) is 5.40. The van der Waals surface area contributed by atoms with Gasteiger partial charge in [-0.3, -0.25) is 9.59 Å². The second-order valence-electron chi connectivity index (χ2n) is 5.40. The van der Waals surface area contributed by atoms with Crippen molar-refractivity contribution in [1.29, 1.82) is 0 Å². The van der Waals surface area contributed by atoms with E-state index in [1.807, 2.05) is 0 Å². The maximum atomic E-state index is 12.4. The molecule has 0 saturated heterocycles. The number of hydrogen-bond acceptors (Lipinski definition) is 3. The van der Waals surface area contributed by atoms with Gasteiger partial charge in [0, 0.05) is 28.2 Å². The van der Waals surface area contributed by atoms with Crippen LogP contribution in [0.25, 0.3) is 0 Å². The Morgan fingerprint density at radius 2 is 1.65 bits per heavy atom. The van der Waals surface area contributed by atoms with Gasteiger partial charge in [0.1, 0.15) is 5.75 Å². The van der Waals surface area contributed by atoms with Crippen molar-refractivity contribution in [2.45, 2.75) is 18.9 Å². The van der Waals surface area contributed by atoms with Gasteiger partial charge in [0.2, 0.25) is 0 Å². The quantitative estimate of drug-likeness (QED) is 0.840. The Balaban J connectivity index is 2.49. The first-order valence-corrected chi connectivity index (χ1v) is 6.64. The van der Waals surface area contributed by atoms with Gasteiger partial charge < -0.3 is 14.5 Å². The SMILES string of the molecule is CN(C)C(=O)c1cccc(OC2CC2)c1C(=O)N(C)C. The lowest BCUT2D eigenvalue weighted by atomic mass is 10.0. The average molecular weight is 276 g/mol. The topological polar surface area (TPSA) is 49.9 Å². The zero-order chi connectivity index (χ0) is 14.9. The van der Waals surface area contributed by atoms with Gasteiger partial charge >= 0.3 is 0 Å². The number of ether oxygens (including phenoxy) is 1. The van der Waals surface area contributed by atoms with E-state index in [2.05, 4.69) is 0 Å². The first-order chi connectivity index (χ1) is 9.41. The molecule has 108 valence electrons. The lowest BCUT2D eigenvalue weighted by molar-refractivity contribution is 0.0786. The van der Waals surface area contributed by atoms with Gasteiger partial charge in [-0.1, -0.05) is 6.07 Å². The molecule has 5 nitrogen and oxygen atoms in total. The molecule has 2 rings (SSSR count). The molecule has 0 unspecified atom stereocenters. The van der Waals surface area contributed by atoms with E-state index in [0.717, 1.165) is 12.8 Å². The molecule has 0 spiro atoms. The minimum absolute atomic E-state index is 0.174. The van der Waals surface area contributed by atoms with Gasteiger partial charge in [-0.2, -0.15) is 0 Å². The Bertz CT molecular complexity index is 534. The number of benzene rings is 1. The van der Waals surface area contributed by atoms with Crippen molar-refractivity contribution >= 4 is 11.8 Å². The highest BCUT2D eigenvalue weighted by Gasteiger charge is 2.29. The highest BCUT2D eigenvalue weighted by atomic mass is 16.5. The molecule has 1 aromatic carbocycles. The summed E-state index contributed by atoms with van der Waals surface area (Å²) in [6, 6.07) is 5.17. The van der Waals surface area contributed by atoms with Crippen LogP contribution >= 0.6 is 0 Å². The van der Waals surface area contributed by atoms with E-state index >= 15 is 0 Å². The van der Waals surface area contributed by atoms with Crippen LogP contribution in [-0.2, 0) is 0 Å². The highest BCUT2D eigenvalue weighted by Crippen LogP contribution is 2.31. The van der Waals surface area contributed by atoms with Gasteiger partial charge in [-0.15, -0.1) is 0 Å². The summed E-state index contributed by atoms with van der Waals surface area (Å²) >= 11 is 0. The molecule has 0 radical (unpaired) electrons. The van der Waals surface area contributed by atoms with Crippen LogP contribution in [-0.4, -0.2) is 55.9 Å². The Hall–Kier alpha value is -2.04. The molecule has 0 heterocycles. The van der Waals surface area contributed by atoms with Crippen LogP contribution in [0.2, 0.25) is 0 Å². The van der Waals surface area contributed by atoms with E-state index in [1.165, 1.54) is 9.80 Å². The van der Waals surface area contributed by atoms with Crippen LogP contribution in [0, 0.1) is 0 Å². The summed E-state index contributed by atoms with van der Waals surface area (Å²) in [5.41, 5.74) is 0.731. The van der Waals surface area contributed by atoms with Crippen molar-refractivity contribution in [3.05, 3.63) is 29.3 Å². The molecular weight excluding hydrogens is 256 g/mol. The molecule has 20 heavy (non-hydrogen) atoms. The molecule has 0 bridgehead atoms. The molecule has 1 fully saturated rings. The summed E-state index contributed by atoms with van der Waals surface area (Å²) in [6.07, 6.45) is 2.18. The molecule has 1 aliphatic rings. The van der Waals surface area contributed by atoms with Crippen LogP contribution in [0.5, 0.6) is 5.75 Å². The molecule has 2 amide bonds. The van der Waals surface area contributed by atoms with Crippen molar-refractivity contribution in [3.8, 4) is 5.75 Å². The van der Waals surface area contributed by atoms with E-state index in [1.54, 1.807) is 46.4 Å². The molecule has 0 aliphatic heterocycles. The van der Waals surface area contributed by atoms with Crippen LogP contribution in [0.15, 0.2) is 18.2 Å². The number of rotatable bonds is 4. The molecule has 1 saturated carbocycles. The normalized spacial score (nSPS) is 13.8. The number of hydrogen-bond donors (Lipinski definition) is 0. The number of nitrogens with zero attached hydrogens (tertiary/aromatic N) is 2. The smallest absolute Gasteiger partial charge is 0.257 e. The summed E-state index contributed by atoms with van der Waals surface area (Å²) in [5, 5.41) is 0. The van der Waals surface area contributed by atoms with Crippen LogP contribution in [0.3, 0.4) is 0 Å². The van der Waals surface area contributed by atoms with E-state index in [-0.39, 0.29) is 17.9 Å². The average Bonchev–Trinajstić information content (AvgIpc) is 3.20. The maximum Gasteiger partial charge on any atom is 0.257 e. The Kier molecular flexibility index (Phi) is 3.97. The maximum absolute atomic E-state index is 12.4. The third-order valence-electron chi connectivity index (χ3n) is 3.10. The zero-order valence-corrected chi connectivity index (χ0v) is 12.3. The van der Waals surface area contributed by atoms with Crippen molar-refractivity contribution in [2.75, 3.05) is 28.2 Å². The van der Waals surface area contributed by atoms with E-state index in [9.17, 15) is 9.59 Å². The summed E-state index contributed by atoms with van der Waals surface area (Å²) in [5.74, 6) is 0.0850. The summed E-state index contributed by atoms with van der Waals surface area (Å²) in [6.45, 7) is 0. The minimum Gasteiger partial charge on any atom is -0.490 e. The number of amides is 2. The van der Waals surface area contributed by atoms with Crippen molar-refractivity contribution in [1.82, 2.24) is 9.80 Å². The summed E-state index contributed by atoms with van der Waals surface area (Å²) < 4.78 is 5.78. The molecule has 0 atom stereocenters. The van der Waals surface area contributed by atoms with Crippen LogP contribution in [0.1, 0.15) is 33.6 Å². The van der Waals surface area contributed by atoms with Gasteiger partial charge in [0.15, 0.2) is 0 Å². The number of carbonyl (C=O) groups excluding carboxylic acids is 2. The molecular formula is C15H20N2O3. The number of carbonyl (C=O) groups is 2. The summed E-state index contributed by atoms with van der Waals surface area (Å²) in [4.78, 5) is 27.6. The van der Waals surface area contributed by atoms with E-state index < -0.39 is 0 Å². The van der Waals surface area contributed by atoms with Gasteiger partial charge in [0.25, 0.3) is 11.8 Å². The second kappa shape index (κ2) is 5.53. The van der Waals surface area contributed by atoms with Crippen LogP contribution in [0.4, 0.5) is 0 Å². The standard InChI is InChI=1S/C15H20N2O3/c1-16(2)14(18)11-6-5-7-12(20-10-8-9-10)13(11)15(19)17(3)4/h5-7,10H,8-9H2,1-4H3. The molecule has 0 N–H and O–H groups in total. The van der Waals surface area contributed by atoms with Crippen molar-refractivity contribution in [3.63, 3.8) is 0 Å². The van der Waals surface area contributed by atoms with E-state index in [4.69, 9.17) is 4.74 Å². The minimum atomic E-state index is -0.216. The fraction of sp³-hybridized carbons (Fsp3) is 0.467. The summed E-state index contributed by atoms with van der Waals surface area (Å²) in [7, 11) is 6.67. The first-order valence-electron chi connectivity index (χ1n) is 6.64. The van der Waals surface area contributed by atoms with Gasteiger partial charge in [-0.05, 0) is 25.0 Å². The molecule has 0 aromatic heterocycles. The molecule has 1 aliphatic carbocycles. The Morgan fingerprint density at radius 1 is 1.05 bits per heavy atom. The highest BCUT2D eigenvalue weighted by molar-refractivity contribution is 6.08. The third kappa shape index (κ3) is 2.92. The van der Waals surface area contributed by atoms with Crippen molar-refractivity contribution < 1.29 is 14.3 Å². The lowest BCUT2D eigenvalue weighted by Crippen LogP contribution is -2.29.